The third kappa shape index (κ3) is 4.15. The maximum Gasteiger partial charge on any atom is 0.324 e. The van der Waals surface area contributed by atoms with Gasteiger partial charge in [-0.15, -0.1) is 0 Å². The van der Waals surface area contributed by atoms with E-state index in [-0.39, 0.29) is 16.9 Å². The molecule has 0 unspecified atom stereocenters. The molecule has 0 atom stereocenters. The zero-order valence-electron chi connectivity index (χ0n) is 18.9. The molecule has 5 rings (SSSR count). The molecule has 1 aliphatic rings. The van der Waals surface area contributed by atoms with Crippen LogP contribution in [-0.2, 0) is 11.8 Å². The Labute approximate surface area is 194 Å². The molecule has 3 aromatic heterocycles. The number of benzene rings is 1. The molecular weight excluding hydrogens is 434 g/mol. The number of nitrogens with zero attached hydrogens (tertiary/aromatic N) is 2. The van der Waals surface area contributed by atoms with Crippen LogP contribution in [0.1, 0.15) is 48.3 Å². The highest BCUT2D eigenvalue weighted by Gasteiger charge is 2.23. The summed E-state index contributed by atoms with van der Waals surface area (Å²) in [6.45, 7) is 5.97. The molecule has 0 fully saturated rings. The molecule has 0 radical (unpaired) electrons. The molecule has 1 aromatic carbocycles. The first-order valence-electron chi connectivity index (χ1n) is 10.8. The van der Waals surface area contributed by atoms with Crippen molar-refractivity contribution in [2.24, 2.45) is 0 Å². The number of rotatable bonds is 4. The number of hydrogen-bond acceptors (Lipinski definition) is 6. The predicted octanol–water partition coefficient (Wildman–Crippen LogP) is 5.02. The third-order valence-corrected chi connectivity index (χ3v) is 5.58. The van der Waals surface area contributed by atoms with Crippen LogP contribution in [0.4, 0.5) is 16.3 Å². The lowest BCUT2D eigenvalue weighted by Gasteiger charge is -2.12. The van der Waals surface area contributed by atoms with E-state index in [1.54, 1.807) is 48.7 Å². The fourth-order valence-electron chi connectivity index (χ4n) is 3.80. The summed E-state index contributed by atoms with van der Waals surface area (Å²) in [4.78, 5) is 32.9. The Hall–Kier alpha value is -4.40. The number of aromatic hydroxyl groups is 1. The summed E-state index contributed by atoms with van der Waals surface area (Å²) in [6.07, 6.45) is 3.73. The van der Waals surface area contributed by atoms with Crippen LogP contribution in [0.15, 0.2) is 52.7 Å². The zero-order chi connectivity index (χ0) is 24.0. The third-order valence-electron chi connectivity index (χ3n) is 5.58. The number of pyridine rings is 1. The van der Waals surface area contributed by atoms with Crippen molar-refractivity contribution >= 4 is 40.3 Å². The van der Waals surface area contributed by atoms with Crippen molar-refractivity contribution in [3.63, 3.8) is 0 Å². The minimum Gasteiger partial charge on any atom is -0.508 e. The Balaban J connectivity index is 1.29. The predicted molar refractivity (Wildman–Crippen MR) is 128 cm³/mol. The number of carbonyl (C=O) groups is 2. The van der Waals surface area contributed by atoms with Crippen LogP contribution in [-0.4, -0.2) is 32.0 Å². The van der Waals surface area contributed by atoms with Crippen LogP contribution >= 0.6 is 0 Å². The largest absolute Gasteiger partial charge is 0.508 e. The number of nitrogens with one attached hydrogen (secondary N) is 3. The van der Waals surface area contributed by atoms with Gasteiger partial charge in [-0.2, -0.15) is 0 Å². The number of phenols is 1. The highest BCUT2D eigenvalue weighted by atomic mass is 16.5. The number of hydrogen-bond donors (Lipinski definition) is 4. The lowest BCUT2D eigenvalue weighted by Crippen LogP contribution is -2.20. The molecule has 34 heavy (non-hydrogen) atoms. The fraction of sp³-hybridized carbons (Fsp3) is 0.200. The van der Waals surface area contributed by atoms with Gasteiger partial charge in [0.15, 0.2) is 5.82 Å². The number of ketones is 1. The summed E-state index contributed by atoms with van der Waals surface area (Å²) < 4.78 is 5.28. The summed E-state index contributed by atoms with van der Waals surface area (Å²) in [5.74, 6) is 0.984. The number of allylic oxidation sites excluding steroid dienone is 1. The van der Waals surface area contributed by atoms with E-state index in [1.165, 1.54) is 0 Å². The molecule has 1 aliphatic carbocycles. The van der Waals surface area contributed by atoms with E-state index >= 15 is 0 Å². The van der Waals surface area contributed by atoms with Crippen molar-refractivity contribution in [2.75, 3.05) is 10.6 Å². The number of urea groups is 1. The minimum atomic E-state index is -0.477. The molecule has 0 spiro atoms. The molecule has 172 valence electrons. The highest BCUT2D eigenvalue weighted by Crippen LogP contribution is 2.29. The number of fused-ring (bicyclic) bond motifs is 2. The van der Waals surface area contributed by atoms with Crippen LogP contribution in [0.2, 0.25) is 0 Å². The second kappa shape index (κ2) is 7.87. The van der Waals surface area contributed by atoms with Gasteiger partial charge in [-0.05, 0) is 42.0 Å². The first-order valence-corrected chi connectivity index (χ1v) is 10.8. The molecule has 3 heterocycles. The topological polar surface area (TPSA) is 133 Å². The van der Waals surface area contributed by atoms with Gasteiger partial charge in [0, 0.05) is 34.4 Å². The lowest BCUT2D eigenvalue weighted by molar-refractivity contribution is 0.102. The molecule has 0 bridgehead atoms. The van der Waals surface area contributed by atoms with Gasteiger partial charge in [0.1, 0.15) is 11.5 Å². The zero-order valence-corrected chi connectivity index (χ0v) is 18.9. The Kier molecular flexibility index (Phi) is 4.97. The Morgan fingerprint density at radius 3 is 2.71 bits per heavy atom. The van der Waals surface area contributed by atoms with Crippen molar-refractivity contribution in [1.29, 1.82) is 0 Å². The van der Waals surface area contributed by atoms with Crippen LogP contribution < -0.4 is 10.6 Å². The fourth-order valence-corrected chi connectivity index (χ4v) is 3.80. The van der Waals surface area contributed by atoms with Gasteiger partial charge >= 0.3 is 6.03 Å². The number of carbonyl (C=O) groups excluding carboxylic acids is 2. The minimum absolute atomic E-state index is 0.137. The lowest BCUT2D eigenvalue weighted by atomic mass is 9.93. The van der Waals surface area contributed by atoms with Crippen molar-refractivity contribution in [1.82, 2.24) is 15.1 Å². The molecule has 0 saturated heterocycles. The van der Waals surface area contributed by atoms with E-state index in [0.717, 1.165) is 22.2 Å². The summed E-state index contributed by atoms with van der Waals surface area (Å²) in [6, 6.07) is 9.61. The Morgan fingerprint density at radius 1 is 1.12 bits per heavy atom. The molecule has 4 aromatic rings. The number of Topliss-reactive ketones (excluding diaryl/α,β-unsaturated/α-hetero) is 1. The smallest absolute Gasteiger partial charge is 0.324 e. The summed E-state index contributed by atoms with van der Waals surface area (Å²) in [7, 11) is 0. The van der Waals surface area contributed by atoms with E-state index < -0.39 is 6.03 Å². The van der Waals surface area contributed by atoms with E-state index in [0.29, 0.717) is 35.0 Å². The average Bonchev–Trinajstić information content (AvgIpc) is 3.49. The average molecular weight is 457 g/mol. The summed E-state index contributed by atoms with van der Waals surface area (Å²) in [5, 5.41) is 19.7. The molecule has 9 heteroatoms. The van der Waals surface area contributed by atoms with E-state index in [4.69, 9.17) is 4.52 Å². The van der Waals surface area contributed by atoms with E-state index in [2.05, 4.69) is 25.8 Å². The van der Waals surface area contributed by atoms with Crippen LogP contribution in [0.5, 0.6) is 5.75 Å². The summed E-state index contributed by atoms with van der Waals surface area (Å²) >= 11 is 0. The SMILES string of the molecule is CC(C)(C)c1cc(NC(=O)Nc2cnc3c(c2)C=C(C(=O)c2cc4cc(O)ccc4[nH]2)C3)no1. The van der Waals surface area contributed by atoms with Gasteiger partial charge in [-0.3, -0.25) is 15.1 Å². The second-order valence-electron chi connectivity index (χ2n) is 9.30. The van der Waals surface area contributed by atoms with Gasteiger partial charge in [-0.25, -0.2) is 4.79 Å². The van der Waals surface area contributed by atoms with Gasteiger partial charge < -0.3 is 19.9 Å². The van der Waals surface area contributed by atoms with Crippen molar-refractivity contribution in [2.45, 2.75) is 32.6 Å². The van der Waals surface area contributed by atoms with Gasteiger partial charge in [0.05, 0.1) is 23.3 Å². The normalized spacial score (nSPS) is 13.0. The van der Waals surface area contributed by atoms with Crippen molar-refractivity contribution in [3.05, 3.63) is 70.9 Å². The second-order valence-corrected chi connectivity index (χ2v) is 9.30. The van der Waals surface area contributed by atoms with Crippen LogP contribution in [0.3, 0.4) is 0 Å². The Morgan fingerprint density at radius 2 is 1.94 bits per heavy atom. The number of anilines is 2. The molecule has 0 saturated carbocycles. The molecular formula is C25H23N5O4. The first-order chi connectivity index (χ1) is 16.2. The standard InChI is InChI=1S/C25H23N5O4/c1-25(2,3)21-11-22(30-34-21)29-24(33)27-16-7-13-6-15(10-19(13)26-12-16)23(32)20-9-14-8-17(31)4-5-18(14)28-20/h4-9,11-12,28,31H,10H2,1-3H3,(H2,27,29,30,33). The first kappa shape index (κ1) is 21.4. The van der Waals surface area contributed by atoms with E-state index in [9.17, 15) is 14.7 Å². The molecule has 9 nitrogen and oxygen atoms in total. The highest BCUT2D eigenvalue weighted by molar-refractivity contribution is 6.13. The van der Waals surface area contributed by atoms with E-state index in [1.807, 2.05) is 20.8 Å². The van der Waals surface area contributed by atoms with Crippen molar-refractivity contribution < 1.29 is 19.2 Å². The van der Waals surface area contributed by atoms with Crippen LogP contribution in [0.25, 0.3) is 17.0 Å². The van der Waals surface area contributed by atoms with Crippen LogP contribution in [0, 0.1) is 0 Å². The molecule has 2 amide bonds. The summed E-state index contributed by atoms with van der Waals surface area (Å²) in [5.41, 5.74) is 3.61. The number of amides is 2. The van der Waals surface area contributed by atoms with Crippen molar-refractivity contribution in [3.8, 4) is 5.75 Å². The number of aromatic amines is 1. The number of aromatic nitrogens is 3. The number of phenolic OH excluding ortho intramolecular Hbond substituents is 1. The maximum absolute atomic E-state index is 13.0. The quantitative estimate of drug-likeness (QED) is 0.318. The number of H-pyrrole nitrogens is 1. The maximum atomic E-state index is 13.0. The monoisotopic (exact) mass is 457 g/mol. The molecule has 0 aliphatic heterocycles. The van der Waals surface area contributed by atoms with Gasteiger partial charge in [0.25, 0.3) is 0 Å². The Bertz CT molecular complexity index is 1470. The van der Waals surface area contributed by atoms with Gasteiger partial charge in [0.2, 0.25) is 5.78 Å². The molecule has 4 N–H and O–H groups in total. The van der Waals surface area contributed by atoms with Gasteiger partial charge in [-0.1, -0.05) is 25.9 Å².